The third-order valence-corrected chi connectivity index (χ3v) is 7.32. The van der Waals surface area contributed by atoms with E-state index in [1.807, 2.05) is 78.8 Å². The Morgan fingerprint density at radius 1 is 0.595 bits per heavy atom. The van der Waals surface area contributed by atoms with Crippen LogP contribution in [0, 0.1) is 17.8 Å². The van der Waals surface area contributed by atoms with Crippen LogP contribution in [-0.2, 0) is 30.4 Å². The summed E-state index contributed by atoms with van der Waals surface area (Å²) in [4.78, 5) is 67.9. The highest BCUT2D eigenvalue weighted by Crippen LogP contribution is 2.13. The molecule has 10 heteroatoms. The number of carbonyl (C=O) groups excluding carboxylic acids is 5. The molecule has 42 heavy (non-hydrogen) atoms. The van der Waals surface area contributed by atoms with Crippen molar-refractivity contribution in [2.75, 3.05) is 0 Å². The van der Waals surface area contributed by atoms with Gasteiger partial charge >= 0.3 is 0 Å². The van der Waals surface area contributed by atoms with Crippen LogP contribution in [0.3, 0.4) is 0 Å². The maximum atomic E-state index is 13.7. The van der Waals surface area contributed by atoms with Crippen LogP contribution in [-0.4, -0.2) is 59.7 Å². The number of amides is 5. The topological polar surface area (TPSA) is 146 Å². The molecule has 5 atom stereocenters. The highest BCUT2D eigenvalue weighted by atomic mass is 16.2. The lowest BCUT2D eigenvalue weighted by atomic mass is 9.98. The van der Waals surface area contributed by atoms with E-state index in [9.17, 15) is 24.0 Å². The minimum Gasteiger partial charge on any atom is -0.343 e. The minimum atomic E-state index is -0.986. The molecule has 1 fully saturated rings. The Kier molecular flexibility index (Phi) is 14.0. The van der Waals surface area contributed by atoms with Gasteiger partial charge in [0.1, 0.15) is 30.2 Å². The number of rotatable bonds is 10. The summed E-state index contributed by atoms with van der Waals surface area (Å²) in [5.74, 6) is -2.59. The van der Waals surface area contributed by atoms with Gasteiger partial charge < -0.3 is 26.6 Å². The first-order chi connectivity index (χ1) is 19.8. The number of benzene rings is 1. The average Bonchev–Trinajstić information content (AvgIpc) is 2.91. The highest BCUT2D eigenvalue weighted by Gasteiger charge is 2.35. The van der Waals surface area contributed by atoms with Gasteiger partial charge in [0.15, 0.2) is 0 Å². The smallest absolute Gasteiger partial charge is 0.243 e. The van der Waals surface area contributed by atoms with E-state index < -0.39 is 59.7 Å². The largest absolute Gasteiger partial charge is 0.343 e. The Morgan fingerprint density at radius 2 is 1.05 bits per heavy atom. The first-order valence-electron chi connectivity index (χ1n) is 15.4. The minimum absolute atomic E-state index is 0.0632. The molecule has 2 rings (SSSR count). The molecule has 1 aromatic carbocycles. The molecule has 10 nitrogen and oxygen atoms in total. The van der Waals surface area contributed by atoms with Gasteiger partial charge in [0, 0.05) is 6.42 Å². The van der Waals surface area contributed by atoms with Gasteiger partial charge in [-0.05, 0) is 42.6 Å². The molecule has 1 heterocycles. The molecule has 5 N–H and O–H groups in total. The maximum Gasteiger partial charge on any atom is 0.243 e. The molecule has 1 aliphatic rings. The van der Waals surface area contributed by atoms with E-state index in [4.69, 9.17) is 0 Å². The number of carbonyl (C=O) groups is 5. The monoisotopic (exact) mass is 585 g/mol. The second kappa shape index (κ2) is 16.9. The van der Waals surface area contributed by atoms with E-state index in [2.05, 4.69) is 26.6 Å². The Balaban J connectivity index is 2.57. The maximum absolute atomic E-state index is 13.7. The zero-order valence-corrected chi connectivity index (χ0v) is 26.3. The fraction of sp³-hybridized carbons (Fsp3) is 0.656. The summed E-state index contributed by atoms with van der Waals surface area (Å²) >= 11 is 0. The molecule has 234 valence electrons. The Morgan fingerprint density at radius 3 is 1.55 bits per heavy atom. The van der Waals surface area contributed by atoms with Crippen LogP contribution in [0.2, 0.25) is 0 Å². The van der Waals surface area contributed by atoms with Gasteiger partial charge in [-0.1, -0.05) is 91.6 Å². The summed E-state index contributed by atoms with van der Waals surface area (Å²) in [6.07, 6.45) is 2.75. The fourth-order valence-electron chi connectivity index (χ4n) is 5.01. The van der Waals surface area contributed by atoms with Crippen LogP contribution in [0.5, 0.6) is 0 Å². The molecular formula is C32H51N5O5. The first-order valence-corrected chi connectivity index (χ1v) is 15.4. The van der Waals surface area contributed by atoms with Crippen molar-refractivity contribution in [1.82, 2.24) is 26.6 Å². The summed E-state index contributed by atoms with van der Waals surface area (Å²) in [5, 5.41) is 14.2. The van der Waals surface area contributed by atoms with Crippen LogP contribution in [0.1, 0.15) is 86.1 Å². The molecule has 0 aliphatic carbocycles. The van der Waals surface area contributed by atoms with Crippen molar-refractivity contribution < 1.29 is 24.0 Å². The summed E-state index contributed by atoms with van der Waals surface area (Å²) in [5.41, 5.74) is 0.835. The number of unbranched alkanes of at least 4 members (excludes halogenated alkanes) is 1. The van der Waals surface area contributed by atoms with Crippen molar-refractivity contribution in [3.8, 4) is 0 Å². The Labute approximate surface area is 250 Å². The molecule has 5 amide bonds. The Hall–Kier alpha value is -3.43. The van der Waals surface area contributed by atoms with E-state index in [0.717, 1.165) is 12.0 Å². The molecule has 0 saturated carbocycles. The van der Waals surface area contributed by atoms with E-state index in [0.29, 0.717) is 25.7 Å². The van der Waals surface area contributed by atoms with Crippen molar-refractivity contribution in [1.29, 1.82) is 0 Å². The number of hydrogen-bond acceptors (Lipinski definition) is 5. The molecule has 0 bridgehead atoms. The zero-order chi connectivity index (χ0) is 31.4. The molecule has 1 saturated heterocycles. The third-order valence-electron chi connectivity index (χ3n) is 7.32. The van der Waals surface area contributed by atoms with Crippen molar-refractivity contribution in [3.63, 3.8) is 0 Å². The fourth-order valence-corrected chi connectivity index (χ4v) is 5.01. The van der Waals surface area contributed by atoms with E-state index in [1.54, 1.807) is 0 Å². The van der Waals surface area contributed by atoms with Crippen LogP contribution < -0.4 is 26.6 Å². The lowest BCUT2D eigenvalue weighted by Gasteiger charge is -2.28. The van der Waals surface area contributed by atoms with Crippen LogP contribution >= 0.6 is 0 Å². The van der Waals surface area contributed by atoms with Gasteiger partial charge in [0.05, 0.1) is 0 Å². The predicted molar refractivity (Wildman–Crippen MR) is 163 cm³/mol. The standard InChI is InChI=1S/C32H51N5O5/c1-8-9-15-23-28(38)36-26(18-22-13-11-10-12-14-22)30(40)34-24(16-19(2)3)29(39)35-25(17-20(4)5)31(41)37-27(21(6)7)32(42)33-23/h10-14,19-21,23-27H,8-9,15-18H2,1-7H3,(H,33,42)(H,34,40)(H,35,39)(H,36,38)(H,37,41)/t23-,24-,25-,26-,27-/m0/s1. The van der Waals surface area contributed by atoms with Crippen LogP contribution in [0.15, 0.2) is 30.3 Å². The lowest BCUT2D eigenvalue weighted by molar-refractivity contribution is -0.135. The van der Waals surface area contributed by atoms with Gasteiger partial charge in [-0.2, -0.15) is 0 Å². The van der Waals surface area contributed by atoms with Crippen molar-refractivity contribution in [3.05, 3.63) is 35.9 Å². The zero-order valence-electron chi connectivity index (χ0n) is 26.3. The van der Waals surface area contributed by atoms with Crippen molar-refractivity contribution in [2.45, 2.75) is 117 Å². The molecule has 0 radical (unpaired) electrons. The van der Waals surface area contributed by atoms with Gasteiger partial charge in [-0.3, -0.25) is 24.0 Å². The molecular weight excluding hydrogens is 534 g/mol. The second-order valence-electron chi connectivity index (χ2n) is 12.6. The van der Waals surface area contributed by atoms with E-state index in [1.165, 1.54) is 0 Å². The van der Waals surface area contributed by atoms with E-state index in [-0.39, 0.29) is 24.2 Å². The number of nitrogens with one attached hydrogen (secondary N) is 5. The van der Waals surface area contributed by atoms with Crippen LogP contribution in [0.4, 0.5) is 0 Å². The quantitative estimate of drug-likeness (QED) is 0.287. The summed E-state index contributed by atoms with van der Waals surface area (Å²) < 4.78 is 0. The molecule has 0 spiro atoms. The molecule has 1 aromatic rings. The lowest BCUT2D eigenvalue weighted by Crippen LogP contribution is -2.59. The molecule has 0 unspecified atom stereocenters. The number of hydrogen-bond donors (Lipinski definition) is 5. The Bertz CT molecular complexity index is 1060. The van der Waals surface area contributed by atoms with Crippen LogP contribution in [0.25, 0.3) is 0 Å². The summed E-state index contributed by atoms with van der Waals surface area (Å²) in [7, 11) is 0. The average molecular weight is 586 g/mol. The second-order valence-corrected chi connectivity index (χ2v) is 12.6. The predicted octanol–water partition coefficient (Wildman–Crippen LogP) is 2.61. The van der Waals surface area contributed by atoms with Gasteiger partial charge in [-0.15, -0.1) is 0 Å². The first kappa shape index (κ1) is 34.8. The highest BCUT2D eigenvalue weighted by molar-refractivity contribution is 5.98. The molecule has 1 aliphatic heterocycles. The molecule has 0 aromatic heterocycles. The van der Waals surface area contributed by atoms with Crippen molar-refractivity contribution >= 4 is 29.5 Å². The normalized spacial score (nSPS) is 24.8. The SMILES string of the molecule is CCCC[C@@H]1NC(=O)[C@H](C(C)C)NC(=O)[C@H](CC(C)C)NC(=O)[C@H](CC(C)C)NC(=O)[C@H](Cc2ccccc2)NC1=O. The van der Waals surface area contributed by atoms with E-state index >= 15 is 0 Å². The summed E-state index contributed by atoms with van der Waals surface area (Å²) in [6, 6.07) is 4.68. The van der Waals surface area contributed by atoms with Gasteiger partial charge in [0.2, 0.25) is 29.5 Å². The van der Waals surface area contributed by atoms with Gasteiger partial charge in [0.25, 0.3) is 0 Å². The third kappa shape index (κ3) is 11.1. The van der Waals surface area contributed by atoms with Crippen molar-refractivity contribution in [2.24, 2.45) is 17.8 Å². The van der Waals surface area contributed by atoms with Gasteiger partial charge in [-0.25, -0.2) is 0 Å². The summed E-state index contributed by atoms with van der Waals surface area (Å²) in [6.45, 7) is 13.4.